The summed E-state index contributed by atoms with van der Waals surface area (Å²) in [4.78, 5) is 34.5. The highest BCUT2D eigenvalue weighted by Gasteiger charge is 2.21. The molecule has 6 nitrogen and oxygen atoms in total. The summed E-state index contributed by atoms with van der Waals surface area (Å²) in [5, 5.41) is 9.20. The Kier molecular flexibility index (Phi) is 5.31. The number of rotatable bonds is 5. The largest absolute Gasteiger partial charge is 0.481 e. The minimum Gasteiger partial charge on any atom is -0.481 e. The van der Waals surface area contributed by atoms with Crippen LogP contribution < -0.4 is 9.47 Å². The highest BCUT2D eigenvalue weighted by atomic mass is 16.5. The van der Waals surface area contributed by atoms with E-state index in [1.807, 2.05) is 0 Å². The molecule has 0 saturated heterocycles. The highest BCUT2D eigenvalue weighted by molar-refractivity contribution is 5.91. The second-order valence-corrected chi connectivity index (χ2v) is 5.11. The Balaban J connectivity index is 2.31. The predicted molar refractivity (Wildman–Crippen MR) is 85.2 cm³/mol. The number of carboxylic acids is 1. The summed E-state index contributed by atoms with van der Waals surface area (Å²) < 4.78 is 10.3. The van der Waals surface area contributed by atoms with Crippen molar-refractivity contribution in [1.82, 2.24) is 0 Å². The van der Waals surface area contributed by atoms with Crippen LogP contribution in [-0.2, 0) is 9.59 Å². The molecule has 0 fully saturated rings. The fraction of sp³-hybridized carbons (Fsp3) is 0.167. The SMILES string of the molecule is CC(=O)Oc1ccc(OC(=O)c2ccccc2)cc1C(C)C(=O)O. The van der Waals surface area contributed by atoms with E-state index < -0.39 is 23.8 Å². The van der Waals surface area contributed by atoms with Crippen LogP contribution in [0, 0.1) is 0 Å². The molecule has 0 heterocycles. The molecule has 0 radical (unpaired) electrons. The molecule has 6 heteroatoms. The van der Waals surface area contributed by atoms with E-state index in [4.69, 9.17) is 9.47 Å². The Hall–Kier alpha value is -3.15. The van der Waals surface area contributed by atoms with E-state index in [2.05, 4.69) is 0 Å². The smallest absolute Gasteiger partial charge is 0.343 e. The Bertz CT molecular complexity index is 766. The minimum atomic E-state index is -1.09. The quantitative estimate of drug-likeness (QED) is 0.670. The molecule has 0 saturated carbocycles. The number of hydrogen-bond acceptors (Lipinski definition) is 5. The van der Waals surface area contributed by atoms with Crippen molar-refractivity contribution in [3.63, 3.8) is 0 Å². The Morgan fingerprint density at radius 2 is 1.67 bits per heavy atom. The molecule has 0 aliphatic heterocycles. The minimum absolute atomic E-state index is 0.122. The van der Waals surface area contributed by atoms with E-state index in [1.165, 1.54) is 32.0 Å². The van der Waals surface area contributed by atoms with Crippen LogP contribution in [0.15, 0.2) is 48.5 Å². The predicted octanol–water partition coefficient (Wildman–Crippen LogP) is 3.02. The van der Waals surface area contributed by atoms with E-state index >= 15 is 0 Å². The fourth-order valence-corrected chi connectivity index (χ4v) is 2.05. The first-order chi connectivity index (χ1) is 11.4. The van der Waals surface area contributed by atoms with Gasteiger partial charge in [-0.3, -0.25) is 9.59 Å². The molecule has 1 atom stereocenters. The van der Waals surface area contributed by atoms with Gasteiger partial charge in [0, 0.05) is 12.5 Å². The van der Waals surface area contributed by atoms with Crippen LogP contribution in [0.5, 0.6) is 11.5 Å². The van der Waals surface area contributed by atoms with Crippen LogP contribution in [-0.4, -0.2) is 23.0 Å². The first-order valence-corrected chi connectivity index (χ1v) is 7.21. The topological polar surface area (TPSA) is 89.9 Å². The summed E-state index contributed by atoms with van der Waals surface area (Å²) in [6.07, 6.45) is 0. The van der Waals surface area contributed by atoms with Gasteiger partial charge in [-0.25, -0.2) is 4.79 Å². The lowest BCUT2D eigenvalue weighted by Crippen LogP contribution is -2.13. The maximum atomic E-state index is 12.1. The van der Waals surface area contributed by atoms with Crippen LogP contribution in [0.4, 0.5) is 0 Å². The summed E-state index contributed by atoms with van der Waals surface area (Å²) in [6.45, 7) is 2.67. The molecule has 0 aliphatic rings. The first-order valence-electron chi connectivity index (χ1n) is 7.21. The van der Waals surface area contributed by atoms with Gasteiger partial charge >= 0.3 is 17.9 Å². The molecule has 2 rings (SSSR count). The van der Waals surface area contributed by atoms with Gasteiger partial charge in [0.05, 0.1) is 11.5 Å². The second-order valence-electron chi connectivity index (χ2n) is 5.11. The van der Waals surface area contributed by atoms with Gasteiger partial charge in [0.15, 0.2) is 0 Å². The normalized spacial score (nSPS) is 11.4. The monoisotopic (exact) mass is 328 g/mol. The summed E-state index contributed by atoms with van der Waals surface area (Å²) in [6, 6.07) is 12.6. The molecule has 0 aliphatic carbocycles. The second kappa shape index (κ2) is 7.41. The number of carboxylic acid groups (broad SMARTS) is 1. The van der Waals surface area contributed by atoms with Crippen LogP contribution in [0.3, 0.4) is 0 Å². The third-order valence-electron chi connectivity index (χ3n) is 3.29. The van der Waals surface area contributed by atoms with Crippen LogP contribution in [0.25, 0.3) is 0 Å². The van der Waals surface area contributed by atoms with E-state index in [0.717, 1.165) is 0 Å². The highest BCUT2D eigenvalue weighted by Crippen LogP contribution is 2.31. The number of carbonyl (C=O) groups excluding carboxylic acids is 2. The summed E-state index contributed by atoms with van der Waals surface area (Å²) in [5.74, 6) is -2.86. The average molecular weight is 328 g/mol. The van der Waals surface area contributed by atoms with Gasteiger partial charge in [0.2, 0.25) is 0 Å². The molecule has 0 aromatic heterocycles. The molecule has 0 spiro atoms. The van der Waals surface area contributed by atoms with Crippen molar-refractivity contribution in [2.45, 2.75) is 19.8 Å². The molecule has 2 aromatic rings. The van der Waals surface area contributed by atoms with Gasteiger partial charge in [-0.2, -0.15) is 0 Å². The van der Waals surface area contributed by atoms with Crippen LogP contribution in [0.2, 0.25) is 0 Å². The van der Waals surface area contributed by atoms with E-state index in [1.54, 1.807) is 30.3 Å². The van der Waals surface area contributed by atoms with Gasteiger partial charge in [0.1, 0.15) is 11.5 Å². The number of hydrogen-bond donors (Lipinski definition) is 1. The number of esters is 2. The Labute approximate surface area is 138 Å². The molecule has 24 heavy (non-hydrogen) atoms. The molecule has 1 unspecified atom stereocenters. The summed E-state index contributed by atoms with van der Waals surface area (Å²) in [5.41, 5.74) is 0.616. The van der Waals surface area contributed by atoms with Gasteiger partial charge in [-0.05, 0) is 37.3 Å². The van der Waals surface area contributed by atoms with Crippen molar-refractivity contribution < 1.29 is 29.0 Å². The van der Waals surface area contributed by atoms with E-state index in [0.29, 0.717) is 5.56 Å². The molecular weight excluding hydrogens is 312 g/mol. The summed E-state index contributed by atoms with van der Waals surface area (Å²) in [7, 11) is 0. The van der Waals surface area contributed by atoms with Crippen molar-refractivity contribution >= 4 is 17.9 Å². The average Bonchev–Trinajstić information content (AvgIpc) is 2.55. The number of carbonyl (C=O) groups is 3. The van der Waals surface area contributed by atoms with Crippen molar-refractivity contribution in [3.8, 4) is 11.5 Å². The van der Waals surface area contributed by atoms with E-state index in [-0.39, 0.29) is 17.1 Å². The van der Waals surface area contributed by atoms with Crippen molar-refractivity contribution in [1.29, 1.82) is 0 Å². The van der Waals surface area contributed by atoms with Crippen LogP contribution >= 0.6 is 0 Å². The number of aliphatic carboxylic acids is 1. The third kappa shape index (κ3) is 4.19. The van der Waals surface area contributed by atoms with Crippen molar-refractivity contribution in [2.75, 3.05) is 0 Å². The Morgan fingerprint density at radius 3 is 2.25 bits per heavy atom. The third-order valence-corrected chi connectivity index (χ3v) is 3.29. The van der Waals surface area contributed by atoms with E-state index in [9.17, 15) is 19.5 Å². The lowest BCUT2D eigenvalue weighted by atomic mass is 10.00. The lowest BCUT2D eigenvalue weighted by Gasteiger charge is -2.14. The maximum absolute atomic E-state index is 12.1. The molecule has 1 N–H and O–H groups in total. The van der Waals surface area contributed by atoms with Gasteiger partial charge in [-0.1, -0.05) is 18.2 Å². The zero-order valence-electron chi connectivity index (χ0n) is 13.2. The fourth-order valence-electron chi connectivity index (χ4n) is 2.05. The molecule has 0 amide bonds. The molecule has 124 valence electrons. The van der Waals surface area contributed by atoms with Gasteiger partial charge < -0.3 is 14.6 Å². The summed E-state index contributed by atoms with van der Waals surface area (Å²) >= 11 is 0. The zero-order chi connectivity index (χ0) is 17.7. The standard InChI is InChI=1S/C18H16O6/c1-11(17(20)21)15-10-14(8-9-16(15)23-12(2)19)24-18(22)13-6-4-3-5-7-13/h3-11H,1-2H3,(H,20,21). The molecular formula is C18H16O6. The molecule has 0 bridgehead atoms. The zero-order valence-corrected chi connectivity index (χ0v) is 13.2. The van der Waals surface area contributed by atoms with Crippen LogP contribution in [0.1, 0.15) is 35.7 Å². The number of benzene rings is 2. The van der Waals surface area contributed by atoms with Gasteiger partial charge in [-0.15, -0.1) is 0 Å². The Morgan fingerprint density at radius 1 is 1.00 bits per heavy atom. The van der Waals surface area contributed by atoms with Crippen molar-refractivity contribution in [3.05, 3.63) is 59.7 Å². The van der Waals surface area contributed by atoms with Gasteiger partial charge in [0.25, 0.3) is 0 Å². The first kappa shape index (κ1) is 17.2. The lowest BCUT2D eigenvalue weighted by molar-refractivity contribution is -0.138. The molecule has 2 aromatic carbocycles. The number of ether oxygens (including phenoxy) is 2. The van der Waals surface area contributed by atoms with Crippen molar-refractivity contribution in [2.24, 2.45) is 0 Å². The maximum Gasteiger partial charge on any atom is 0.343 e.